The Labute approximate surface area is 101 Å². The molecule has 0 aromatic carbocycles. The van der Waals surface area contributed by atoms with E-state index < -0.39 is 0 Å². The lowest BCUT2D eigenvalue weighted by atomic mass is 10.0. The van der Waals surface area contributed by atoms with E-state index in [9.17, 15) is 4.79 Å². The zero-order chi connectivity index (χ0) is 12.1. The average molecular weight is 224 g/mol. The fourth-order valence-electron chi connectivity index (χ4n) is 1.93. The second kappa shape index (κ2) is 12.5. The Morgan fingerprint density at radius 1 is 0.938 bits per heavy atom. The molecule has 0 radical (unpaired) electrons. The van der Waals surface area contributed by atoms with Gasteiger partial charge in [0, 0.05) is 5.92 Å². The van der Waals surface area contributed by atoms with Crippen LogP contribution in [0.4, 0.5) is 0 Å². The standard InChI is InChI=1S/C15H28O/c1-3-5-6-7-8-9-10-11-12-13-15(4-2)14-16/h4,14-15H,2-3,5-13H2,1H3. The summed E-state index contributed by atoms with van der Waals surface area (Å²) in [7, 11) is 0. The first-order valence-corrected chi connectivity index (χ1v) is 6.93. The predicted molar refractivity (Wildman–Crippen MR) is 71.6 cm³/mol. The van der Waals surface area contributed by atoms with Crippen molar-refractivity contribution >= 4 is 6.29 Å². The number of carbonyl (C=O) groups excluding carboxylic acids is 1. The number of hydrogen-bond acceptors (Lipinski definition) is 1. The first-order valence-electron chi connectivity index (χ1n) is 6.93. The molecular weight excluding hydrogens is 196 g/mol. The second-order valence-corrected chi connectivity index (χ2v) is 4.65. The minimum absolute atomic E-state index is 0.0876. The molecule has 16 heavy (non-hydrogen) atoms. The van der Waals surface area contributed by atoms with E-state index in [1.807, 2.05) is 0 Å². The van der Waals surface area contributed by atoms with Crippen LogP contribution in [-0.4, -0.2) is 6.29 Å². The van der Waals surface area contributed by atoms with Crippen molar-refractivity contribution in [1.82, 2.24) is 0 Å². The van der Waals surface area contributed by atoms with E-state index in [4.69, 9.17) is 0 Å². The van der Waals surface area contributed by atoms with Gasteiger partial charge < -0.3 is 4.79 Å². The molecule has 0 N–H and O–H groups in total. The fraction of sp³-hybridized carbons (Fsp3) is 0.800. The van der Waals surface area contributed by atoms with E-state index in [1.165, 1.54) is 57.8 Å². The molecule has 0 amide bonds. The van der Waals surface area contributed by atoms with Crippen molar-refractivity contribution in [2.75, 3.05) is 0 Å². The number of aldehydes is 1. The summed E-state index contributed by atoms with van der Waals surface area (Å²) in [5, 5.41) is 0. The Balaban J connectivity index is 3.09. The number of carbonyl (C=O) groups is 1. The van der Waals surface area contributed by atoms with Gasteiger partial charge >= 0.3 is 0 Å². The van der Waals surface area contributed by atoms with Gasteiger partial charge in [-0.2, -0.15) is 0 Å². The summed E-state index contributed by atoms with van der Waals surface area (Å²) in [6, 6.07) is 0. The van der Waals surface area contributed by atoms with E-state index in [-0.39, 0.29) is 5.92 Å². The average Bonchev–Trinajstić information content (AvgIpc) is 2.32. The van der Waals surface area contributed by atoms with Crippen LogP contribution >= 0.6 is 0 Å². The first-order chi connectivity index (χ1) is 7.85. The van der Waals surface area contributed by atoms with Crippen LogP contribution in [-0.2, 0) is 4.79 Å². The number of allylic oxidation sites excluding steroid dienone is 1. The highest BCUT2D eigenvalue weighted by molar-refractivity contribution is 5.56. The van der Waals surface area contributed by atoms with Crippen molar-refractivity contribution in [2.45, 2.75) is 71.1 Å². The number of rotatable bonds is 12. The highest BCUT2D eigenvalue weighted by atomic mass is 16.1. The minimum atomic E-state index is 0.0876. The molecule has 0 heterocycles. The lowest BCUT2D eigenvalue weighted by Gasteiger charge is -2.04. The maximum absolute atomic E-state index is 10.5. The van der Waals surface area contributed by atoms with Gasteiger partial charge in [0.15, 0.2) is 0 Å². The summed E-state index contributed by atoms with van der Waals surface area (Å²) >= 11 is 0. The van der Waals surface area contributed by atoms with Gasteiger partial charge in [0.1, 0.15) is 6.29 Å². The summed E-state index contributed by atoms with van der Waals surface area (Å²) in [5.41, 5.74) is 0. The van der Waals surface area contributed by atoms with Crippen LogP contribution in [0.15, 0.2) is 12.7 Å². The van der Waals surface area contributed by atoms with Crippen molar-refractivity contribution in [2.24, 2.45) is 5.92 Å². The van der Waals surface area contributed by atoms with Gasteiger partial charge in [-0.15, -0.1) is 6.58 Å². The molecule has 0 aliphatic heterocycles. The van der Waals surface area contributed by atoms with Crippen molar-refractivity contribution in [3.8, 4) is 0 Å². The van der Waals surface area contributed by atoms with Gasteiger partial charge in [0.05, 0.1) is 0 Å². The lowest BCUT2D eigenvalue weighted by Crippen LogP contribution is -1.96. The van der Waals surface area contributed by atoms with E-state index in [1.54, 1.807) is 6.08 Å². The monoisotopic (exact) mass is 224 g/mol. The molecule has 0 aromatic rings. The fourth-order valence-corrected chi connectivity index (χ4v) is 1.93. The summed E-state index contributed by atoms with van der Waals surface area (Å²) in [4.78, 5) is 10.5. The van der Waals surface area contributed by atoms with Crippen LogP contribution in [0.25, 0.3) is 0 Å². The third kappa shape index (κ3) is 9.95. The molecule has 1 unspecified atom stereocenters. The molecule has 0 aliphatic rings. The zero-order valence-electron chi connectivity index (χ0n) is 10.9. The molecule has 1 nitrogen and oxygen atoms in total. The van der Waals surface area contributed by atoms with E-state index >= 15 is 0 Å². The second-order valence-electron chi connectivity index (χ2n) is 4.65. The molecule has 1 heteroatoms. The van der Waals surface area contributed by atoms with Crippen molar-refractivity contribution in [3.63, 3.8) is 0 Å². The third-order valence-electron chi connectivity index (χ3n) is 3.12. The lowest BCUT2D eigenvalue weighted by molar-refractivity contribution is -0.110. The zero-order valence-corrected chi connectivity index (χ0v) is 10.9. The van der Waals surface area contributed by atoms with Crippen LogP contribution in [0, 0.1) is 5.92 Å². The molecule has 94 valence electrons. The summed E-state index contributed by atoms with van der Waals surface area (Å²) in [6.07, 6.45) is 15.8. The van der Waals surface area contributed by atoms with Gasteiger partial charge in [0.2, 0.25) is 0 Å². The molecule has 0 spiro atoms. The Hall–Kier alpha value is -0.590. The molecule has 0 bridgehead atoms. The van der Waals surface area contributed by atoms with Crippen LogP contribution < -0.4 is 0 Å². The summed E-state index contributed by atoms with van der Waals surface area (Å²) < 4.78 is 0. The van der Waals surface area contributed by atoms with Crippen molar-refractivity contribution in [3.05, 3.63) is 12.7 Å². The predicted octanol–water partition coefficient (Wildman–Crippen LogP) is 4.91. The van der Waals surface area contributed by atoms with E-state index in [0.29, 0.717) is 0 Å². The number of hydrogen-bond donors (Lipinski definition) is 0. The van der Waals surface area contributed by atoms with Crippen molar-refractivity contribution in [1.29, 1.82) is 0 Å². The maximum Gasteiger partial charge on any atom is 0.126 e. The van der Waals surface area contributed by atoms with Crippen LogP contribution in [0.5, 0.6) is 0 Å². The van der Waals surface area contributed by atoms with Crippen molar-refractivity contribution < 1.29 is 4.79 Å². The minimum Gasteiger partial charge on any atom is -0.303 e. The van der Waals surface area contributed by atoms with E-state index in [0.717, 1.165) is 12.7 Å². The van der Waals surface area contributed by atoms with Crippen LogP contribution in [0.3, 0.4) is 0 Å². The topological polar surface area (TPSA) is 17.1 Å². The van der Waals surface area contributed by atoms with Gasteiger partial charge in [0.25, 0.3) is 0 Å². The third-order valence-corrected chi connectivity index (χ3v) is 3.12. The largest absolute Gasteiger partial charge is 0.303 e. The maximum atomic E-state index is 10.5. The van der Waals surface area contributed by atoms with Gasteiger partial charge in [-0.3, -0.25) is 0 Å². The Morgan fingerprint density at radius 3 is 1.88 bits per heavy atom. The Bertz CT molecular complexity index is 155. The Kier molecular flexibility index (Phi) is 12.0. The van der Waals surface area contributed by atoms with Gasteiger partial charge in [-0.05, 0) is 6.42 Å². The van der Waals surface area contributed by atoms with Gasteiger partial charge in [-0.1, -0.05) is 70.8 Å². The Morgan fingerprint density at radius 2 is 1.44 bits per heavy atom. The van der Waals surface area contributed by atoms with E-state index in [2.05, 4.69) is 13.5 Å². The van der Waals surface area contributed by atoms with Crippen LogP contribution in [0.1, 0.15) is 71.1 Å². The molecule has 0 aromatic heterocycles. The number of unbranched alkanes of at least 4 members (excludes halogenated alkanes) is 8. The molecule has 0 rings (SSSR count). The molecule has 0 aliphatic carbocycles. The normalized spacial score (nSPS) is 12.3. The van der Waals surface area contributed by atoms with Gasteiger partial charge in [-0.25, -0.2) is 0 Å². The van der Waals surface area contributed by atoms with Crippen LogP contribution in [0.2, 0.25) is 0 Å². The first kappa shape index (κ1) is 15.4. The SMILES string of the molecule is C=CC(C=O)CCCCCCCCCCC. The molecule has 0 saturated carbocycles. The highest BCUT2D eigenvalue weighted by Gasteiger charge is 2.00. The highest BCUT2D eigenvalue weighted by Crippen LogP contribution is 2.13. The summed E-state index contributed by atoms with van der Waals surface area (Å²) in [6.45, 7) is 5.91. The quantitative estimate of drug-likeness (QED) is 0.261. The molecule has 1 atom stereocenters. The smallest absolute Gasteiger partial charge is 0.126 e. The molecule has 0 saturated heterocycles. The molecular formula is C15H28O. The summed E-state index contributed by atoms with van der Waals surface area (Å²) in [5.74, 6) is 0.0876. The molecule has 0 fully saturated rings.